The molecule has 1 N–H and O–H groups in total. The van der Waals surface area contributed by atoms with Crippen molar-refractivity contribution >= 4 is 5.78 Å². The standard InChI is InChI=1S/C18H19F3N2O2/c1-10(2)14(12-4-6-13(7-5-12)18(19,20)21)8-16(24)15-9-17(25)23-11(3)22-15/h4-7,9-10,14H,8H2,1-3H3,(H,22,23,25)/t14-/m1/s1. The van der Waals surface area contributed by atoms with E-state index in [0.717, 1.165) is 18.2 Å². The lowest BCUT2D eigenvalue weighted by Gasteiger charge is -2.21. The van der Waals surface area contributed by atoms with Crippen molar-refractivity contribution in [2.45, 2.75) is 39.3 Å². The number of hydrogen-bond donors (Lipinski definition) is 1. The van der Waals surface area contributed by atoms with E-state index >= 15 is 0 Å². The Labute approximate surface area is 143 Å². The van der Waals surface area contributed by atoms with Crippen LogP contribution in [-0.2, 0) is 6.18 Å². The van der Waals surface area contributed by atoms with E-state index in [9.17, 15) is 22.8 Å². The molecule has 0 saturated carbocycles. The number of nitrogens with zero attached hydrogens (tertiary/aromatic N) is 1. The van der Waals surface area contributed by atoms with Crippen LogP contribution in [-0.4, -0.2) is 15.8 Å². The number of Topliss-reactive ketones (excluding diaryl/α,β-unsaturated/α-hetero) is 1. The second kappa shape index (κ2) is 7.21. The van der Waals surface area contributed by atoms with Gasteiger partial charge in [-0.2, -0.15) is 13.2 Å². The summed E-state index contributed by atoms with van der Waals surface area (Å²) >= 11 is 0. The maximum Gasteiger partial charge on any atom is 0.416 e. The average molecular weight is 352 g/mol. The topological polar surface area (TPSA) is 62.8 Å². The monoisotopic (exact) mass is 352 g/mol. The Morgan fingerprint density at radius 2 is 1.80 bits per heavy atom. The van der Waals surface area contributed by atoms with Crippen molar-refractivity contribution in [1.82, 2.24) is 9.97 Å². The second-order valence-electron chi connectivity index (χ2n) is 6.31. The summed E-state index contributed by atoms with van der Waals surface area (Å²) < 4.78 is 38.1. The van der Waals surface area contributed by atoms with Crippen LogP contribution >= 0.6 is 0 Å². The lowest BCUT2D eigenvalue weighted by molar-refractivity contribution is -0.137. The molecule has 4 nitrogen and oxygen atoms in total. The molecule has 0 aliphatic rings. The van der Waals surface area contributed by atoms with Gasteiger partial charge in [-0.15, -0.1) is 0 Å². The van der Waals surface area contributed by atoms with Gasteiger partial charge < -0.3 is 4.98 Å². The predicted molar refractivity (Wildman–Crippen MR) is 87.6 cm³/mol. The number of benzene rings is 1. The van der Waals surface area contributed by atoms with Gasteiger partial charge in [-0.1, -0.05) is 26.0 Å². The van der Waals surface area contributed by atoms with Crippen LogP contribution in [0.4, 0.5) is 13.2 Å². The summed E-state index contributed by atoms with van der Waals surface area (Å²) in [6, 6.07) is 5.98. The van der Waals surface area contributed by atoms with E-state index in [0.29, 0.717) is 11.4 Å². The molecule has 1 aromatic heterocycles. The highest BCUT2D eigenvalue weighted by Gasteiger charge is 2.30. The van der Waals surface area contributed by atoms with Crippen LogP contribution in [0, 0.1) is 12.8 Å². The summed E-state index contributed by atoms with van der Waals surface area (Å²) in [6.07, 6.45) is -4.33. The third kappa shape index (κ3) is 4.78. The van der Waals surface area contributed by atoms with Crippen molar-refractivity contribution in [2.75, 3.05) is 0 Å². The summed E-state index contributed by atoms with van der Waals surface area (Å²) in [5, 5.41) is 0. The van der Waals surface area contributed by atoms with Crippen LogP contribution < -0.4 is 5.56 Å². The minimum absolute atomic E-state index is 0.0313. The molecule has 2 aromatic rings. The van der Waals surface area contributed by atoms with Gasteiger partial charge in [-0.25, -0.2) is 4.98 Å². The maximum atomic E-state index is 12.7. The highest BCUT2D eigenvalue weighted by molar-refractivity contribution is 5.94. The summed E-state index contributed by atoms with van der Waals surface area (Å²) in [5.74, 6) is -0.209. The Bertz CT molecular complexity index is 808. The van der Waals surface area contributed by atoms with Crippen molar-refractivity contribution in [3.05, 3.63) is 63.3 Å². The van der Waals surface area contributed by atoms with Crippen LogP contribution in [0.1, 0.15) is 53.6 Å². The highest BCUT2D eigenvalue weighted by Crippen LogP contribution is 2.33. The SMILES string of the molecule is Cc1nc(C(=O)C[C@@H](c2ccc(C(F)(F)F)cc2)C(C)C)cc(=O)[nH]1. The molecule has 0 bridgehead atoms. The van der Waals surface area contributed by atoms with Gasteiger partial charge in [0.05, 0.1) is 5.56 Å². The quantitative estimate of drug-likeness (QED) is 0.824. The number of nitrogens with one attached hydrogen (secondary N) is 1. The van der Waals surface area contributed by atoms with Gasteiger partial charge in [0.25, 0.3) is 5.56 Å². The van der Waals surface area contributed by atoms with E-state index in [1.165, 1.54) is 12.1 Å². The highest BCUT2D eigenvalue weighted by atomic mass is 19.4. The van der Waals surface area contributed by atoms with Crippen molar-refractivity contribution in [3.8, 4) is 0 Å². The van der Waals surface area contributed by atoms with Crippen LogP contribution in [0.15, 0.2) is 35.1 Å². The largest absolute Gasteiger partial charge is 0.416 e. The van der Waals surface area contributed by atoms with E-state index in [2.05, 4.69) is 9.97 Å². The molecule has 0 saturated heterocycles. The van der Waals surface area contributed by atoms with Gasteiger partial charge in [-0.05, 0) is 36.5 Å². The Hall–Kier alpha value is -2.44. The summed E-state index contributed by atoms with van der Waals surface area (Å²) in [7, 11) is 0. The molecule has 0 radical (unpaired) electrons. The van der Waals surface area contributed by atoms with Crippen LogP contribution in [0.2, 0.25) is 0 Å². The minimum atomic E-state index is -4.39. The van der Waals surface area contributed by atoms with E-state index in [-0.39, 0.29) is 29.7 Å². The number of alkyl halides is 3. The lowest BCUT2D eigenvalue weighted by Crippen LogP contribution is -2.18. The number of ketones is 1. The smallest absolute Gasteiger partial charge is 0.311 e. The number of H-pyrrole nitrogens is 1. The Morgan fingerprint density at radius 3 is 2.28 bits per heavy atom. The molecule has 0 amide bonds. The number of halogens is 3. The van der Waals surface area contributed by atoms with Crippen molar-refractivity contribution < 1.29 is 18.0 Å². The van der Waals surface area contributed by atoms with Gasteiger partial charge in [0.15, 0.2) is 5.78 Å². The first-order chi connectivity index (χ1) is 11.6. The summed E-state index contributed by atoms with van der Waals surface area (Å²) in [4.78, 5) is 30.5. The first-order valence-electron chi connectivity index (χ1n) is 7.86. The molecule has 0 aliphatic carbocycles. The summed E-state index contributed by atoms with van der Waals surface area (Å²) in [6.45, 7) is 5.37. The van der Waals surface area contributed by atoms with Crippen LogP contribution in [0.25, 0.3) is 0 Å². The van der Waals surface area contributed by atoms with Gasteiger partial charge in [0.1, 0.15) is 11.5 Å². The molecule has 1 atom stereocenters. The number of hydrogen-bond acceptors (Lipinski definition) is 3. The molecule has 0 fully saturated rings. The molecule has 2 rings (SSSR count). The Morgan fingerprint density at radius 1 is 1.20 bits per heavy atom. The normalized spacial score (nSPS) is 13.1. The van der Waals surface area contributed by atoms with Gasteiger partial charge in [0, 0.05) is 12.5 Å². The number of carbonyl (C=O) groups excluding carboxylic acids is 1. The number of rotatable bonds is 5. The van der Waals surface area contributed by atoms with E-state index < -0.39 is 17.3 Å². The Balaban J connectivity index is 2.26. The third-order valence-corrected chi connectivity index (χ3v) is 4.02. The number of aromatic amines is 1. The van der Waals surface area contributed by atoms with Gasteiger partial charge in [-0.3, -0.25) is 9.59 Å². The van der Waals surface area contributed by atoms with Crippen LogP contribution in [0.3, 0.4) is 0 Å². The van der Waals surface area contributed by atoms with Gasteiger partial charge >= 0.3 is 6.18 Å². The zero-order chi connectivity index (χ0) is 18.8. The third-order valence-electron chi connectivity index (χ3n) is 4.02. The lowest BCUT2D eigenvalue weighted by atomic mass is 9.83. The fourth-order valence-corrected chi connectivity index (χ4v) is 2.68. The van der Waals surface area contributed by atoms with Crippen molar-refractivity contribution in [2.24, 2.45) is 5.92 Å². The van der Waals surface area contributed by atoms with E-state index in [1.807, 2.05) is 13.8 Å². The second-order valence-corrected chi connectivity index (χ2v) is 6.31. The molecule has 25 heavy (non-hydrogen) atoms. The molecule has 1 aromatic carbocycles. The fourth-order valence-electron chi connectivity index (χ4n) is 2.68. The van der Waals surface area contributed by atoms with Crippen LogP contribution in [0.5, 0.6) is 0 Å². The number of aryl methyl sites for hydroxylation is 1. The van der Waals surface area contributed by atoms with Gasteiger partial charge in [0.2, 0.25) is 0 Å². The molecule has 0 spiro atoms. The van der Waals surface area contributed by atoms with E-state index in [1.54, 1.807) is 6.92 Å². The zero-order valence-electron chi connectivity index (χ0n) is 14.1. The average Bonchev–Trinajstić information content (AvgIpc) is 2.50. The molecule has 0 aliphatic heterocycles. The molecular weight excluding hydrogens is 333 g/mol. The van der Waals surface area contributed by atoms with E-state index in [4.69, 9.17) is 0 Å². The molecule has 7 heteroatoms. The molecular formula is C18H19F3N2O2. The number of aromatic nitrogens is 2. The number of carbonyl (C=O) groups is 1. The zero-order valence-corrected chi connectivity index (χ0v) is 14.1. The first-order valence-corrected chi connectivity index (χ1v) is 7.86. The first kappa shape index (κ1) is 18.9. The minimum Gasteiger partial charge on any atom is -0.311 e. The maximum absolute atomic E-state index is 12.7. The predicted octanol–water partition coefficient (Wildman–Crippen LogP) is 4.11. The van der Waals surface area contributed by atoms with Crippen molar-refractivity contribution in [1.29, 1.82) is 0 Å². The molecule has 0 unspecified atom stereocenters. The molecule has 1 heterocycles. The molecule has 134 valence electrons. The Kier molecular flexibility index (Phi) is 5.45. The van der Waals surface area contributed by atoms with Crippen molar-refractivity contribution in [3.63, 3.8) is 0 Å². The fraction of sp³-hybridized carbons (Fsp3) is 0.389. The summed E-state index contributed by atoms with van der Waals surface area (Å²) in [5.41, 5.74) is -0.417.